The zero-order chi connectivity index (χ0) is 17.1. The molecule has 25 heavy (non-hydrogen) atoms. The minimum Gasteiger partial charge on any atom is -0.356 e. The second-order valence-electron chi connectivity index (χ2n) is 7.98. The molecule has 4 rings (SSSR count). The normalized spacial score (nSPS) is 27.0. The molecule has 138 valence electrons. The lowest BCUT2D eigenvalue weighted by Gasteiger charge is -2.32. The summed E-state index contributed by atoms with van der Waals surface area (Å²) in [5.74, 6) is 2.11. The third kappa shape index (κ3) is 3.76. The van der Waals surface area contributed by atoms with E-state index in [1.807, 2.05) is 0 Å². The van der Waals surface area contributed by atoms with Crippen LogP contribution in [-0.2, 0) is 12.8 Å². The van der Waals surface area contributed by atoms with Gasteiger partial charge in [0.1, 0.15) is 5.82 Å². The van der Waals surface area contributed by atoms with Crippen LogP contribution in [0.25, 0.3) is 0 Å². The molecule has 0 aromatic carbocycles. The van der Waals surface area contributed by atoms with Gasteiger partial charge in [-0.2, -0.15) is 4.98 Å². The fourth-order valence-electron chi connectivity index (χ4n) is 4.84. The molecule has 1 aromatic rings. The predicted molar refractivity (Wildman–Crippen MR) is 103 cm³/mol. The second kappa shape index (κ2) is 7.90. The number of nitrogens with one attached hydrogen (secondary N) is 2. The van der Waals surface area contributed by atoms with Gasteiger partial charge in [-0.3, -0.25) is 0 Å². The first-order valence-corrected chi connectivity index (χ1v) is 10.4. The van der Waals surface area contributed by atoms with Crippen LogP contribution < -0.4 is 15.5 Å². The van der Waals surface area contributed by atoms with E-state index in [1.165, 1.54) is 74.9 Å². The Morgan fingerprint density at radius 3 is 2.36 bits per heavy atom. The largest absolute Gasteiger partial charge is 0.356 e. The topological polar surface area (TPSA) is 53.1 Å². The van der Waals surface area contributed by atoms with Gasteiger partial charge >= 0.3 is 0 Å². The lowest BCUT2D eigenvalue weighted by Crippen LogP contribution is -2.45. The van der Waals surface area contributed by atoms with Crippen molar-refractivity contribution in [3.8, 4) is 0 Å². The zero-order valence-corrected chi connectivity index (χ0v) is 15.7. The van der Waals surface area contributed by atoms with E-state index in [0.29, 0.717) is 12.1 Å². The van der Waals surface area contributed by atoms with Gasteiger partial charge in [0.15, 0.2) is 0 Å². The highest BCUT2D eigenvalue weighted by atomic mass is 15.2. The van der Waals surface area contributed by atoms with Crippen molar-refractivity contribution in [2.45, 2.75) is 82.7 Å². The number of fused-ring (bicyclic) bond motifs is 1. The Balaban J connectivity index is 1.59. The lowest BCUT2D eigenvalue weighted by atomic mass is 9.90. The number of rotatable bonds is 4. The van der Waals surface area contributed by atoms with Crippen molar-refractivity contribution in [3.05, 3.63) is 11.3 Å². The Morgan fingerprint density at radius 1 is 0.840 bits per heavy atom. The maximum atomic E-state index is 5.05. The molecule has 2 N–H and O–H groups in total. The lowest BCUT2D eigenvalue weighted by molar-refractivity contribution is 0.360. The Kier molecular flexibility index (Phi) is 5.39. The Bertz CT molecular complexity index is 580. The van der Waals surface area contributed by atoms with Gasteiger partial charge in [-0.25, -0.2) is 4.98 Å². The molecule has 5 nitrogen and oxygen atoms in total. The van der Waals surface area contributed by atoms with E-state index in [4.69, 9.17) is 9.97 Å². The summed E-state index contributed by atoms with van der Waals surface area (Å²) >= 11 is 0. The number of anilines is 2. The van der Waals surface area contributed by atoms with E-state index in [9.17, 15) is 0 Å². The van der Waals surface area contributed by atoms with Crippen LogP contribution in [0.5, 0.6) is 0 Å². The molecule has 0 spiro atoms. The van der Waals surface area contributed by atoms with Crippen molar-refractivity contribution in [2.75, 3.05) is 30.4 Å². The van der Waals surface area contributed by atoms with E-state index in [1.54, 1.807) is 0 Å². The number of aryl methyl sites for hydroxylation is 1. The zero-order valence-electron chi connectivity index (χ0n) is 15.7. The summed E-state index contributed by atoms with van der Waals surface area (Å²) in [5, 5.41) is 7.18. The van der Waals surface area contributed by atoms with Gasteiger partial charge in [-0.15, -0.1) is 0 Å². The van der Waals surface area contributed by atoms with Crippen molar-refractivity contribution in [2.24, 2.45) is 0 Å². The van der Waals surface area contributed by atoms with Crippen LogP contribution in [0, 0.1) is 0 Å². The molecule has 1 saturated carbocycles. The molecular weight excluding hydrogens is 310 g/mol. The van der Waals surface area contributed by atoms with Crippen molar-refractivity contribution in [1.29, 1.82) is 0 Å². The molecule has 0 amide bonds. The summed E-state index contributed by atoms with van der Waals surface area (Å²) in [7, 11) is 2.08. The molecule has 5 heteroatoms. The number of likely N-dealkylation sites (N-methyl/N-ethyl adjacent to an activating group) is 1. The fraction of sp³-hybridized carbons (Fsp3) is 0.800. The van der Waals surface area contributed by atoms with Crippen LogP contribution in [0.2, 0.25) is 0 Å². The quantitative estimate of drug-likeness (QED) is 0.879. The van der Waals surface area contributed by atoms with E-state index < -0.39 is 0 Å². The van der Waals surface area contributed by atoms with Gasteiger partial charge < -0.3 is 15.5 Å². The third-order valence-electron chi connectivity index (χ3n) is 6.27. The summed E-state index contributed by atoms with van der Waals surface area (Å²) in [6.07, 6.45) is 13.9. The summed E-state index contributed by atoms with van der Waals surface area (Å²) in [6.45, 7) is 2.32. The minimum atomic E-state index is 0.454. The minimum absolute atomic E-state index is 0.454. The highest BCUT2D eigenvalue weighted by Gasteiger charge is 2.27. The van der Waals surface area contributed by atoms with Crippen molar-refractivity contribution < 1.29 is 0 Å². The van der Waals surface area contributed by atoms with E-state index in [-0.39, 0.29) is 0 Å². The standard InChI is InChI=1S/C20H33N5/c1-21-17-10-4-5-11-18(17)23-20-22-16-12-8-9-15(16)19(24-20)25-13-6-2-3-7-14-25/h17-18,21H,2-14H2,1H3,(H,22,23,24). The highest BCUT2D eigenvalue weighted by Crippen LogP contribution is 2.32. The molecule has 0 bridgehead atoms. The molecule has 2 atom stereocenters. The molecule has 1 aliphatic heterocycles. The maximum absolute atomic E-state index is 5.05. The third-order valence-corrected chi connectivity index (χ3v) is 6.27. The van der Waals surface area contributed by atoms with Crippen molar-refractivity contribution >= 4 is 11.8 Å². The number of hydrogen-bond acceptors (Lipinski definition) is 5. The molecule has 3 aliphatic rings. The number of nitrogens with zero attached hydrogens (tertiary/aromatic N) is 3. The summed E-state index contributed by atoms with van der Waals surface area (Å²) in [5.41, 5.74) is 2.73. The van der Waals surface area contributed by atoms with Crippen LogP contribution in [0.4, 0.5) is 11.8 Å². The van der Waals surface area contributed by atoms with Gasteiger partial charge in [0.25, 0.3) is 0 Å². The molecule has 2 aliphatic carbocycles. The smallest absolute Gasteiger partial charge is 0.225 e. The molecular formula is C20H33N5. The van der Waals surface area contributed by atoms with E-state index in [0.717, 1.165) is 31.9 Å². The summed E-state index contributed by atoms with van der Waals surface area (Å²) in [4.78, 5) is 12.5. The molecule has 2 unspecified atom stereocenters. The Hall–Kier alpha value is -1.36. The molecule has 2 fully saturated rings. The molecule has 2 heterocycles. The van der Waals surface area contributed by atoms with Crippen LogP contribution >= 0.6 is 0 Å². The van der Waals surface area contributed by atoms with Gasteiger partial charge in [0.05, 0.1) is 5.69 Å². The first kappa shape index (κ1) is 17.1. The van der Waals surface area contributed by atoms with Crippen molar-refractivity contribution in [1.82, 2.24) is 15.3 Å². The van der Waals surface area contributed by atoms with Gasteiger partial charge in [0, 0.05) is 30.7 Å². The summed E-state index contributed by atoms with van der Waals surface area (Å²) in [6, 6.07) is 0.988. The second-order valence-corrected chi connectivity index (χ2v) is 7.98. The average Bonchev–Trinajstić information content (AvgIpc) is 2.95. The molecule has 0 radical (unpaired) electrons. The fourth-order valence-corrected chi connectivity index (χ4v) is 4.84. The SMILES string of the molecule is CNC1CCCCC1Nc1nc2c(c(N3CCCCCC3)n1)CCC2. The maximum Gasteiger partial charge on any atom is 0.225 e. The van der Waals surface area contributed by atoms with Gasteiger partial charge in [0.2, 0.25) is 5.95 Å². The van der Waals surface area contributed by atoms with E-state index in [2.05, 4.69) is 22.6 Å². The molecule has 1 saturated heterocycles. The van der Waals surface area contributed by atoms with Crippen molar-refractivity contribution in [3.63, 3.8) is 0 Å². The number of aromatic nitrogens is 2. The van der Waals surface area contributed by atoms with E-state index >= 15 is 0 Å². The van der Waals surface area contributed by atoms with Crippen LogP contribution in [0.3, 0.4) is 0 Å². The number of hydrogen-bond donors (Lipinski definition) is 2. The molecule has 1 aromatic heterocycles. The van der Waals surface area contributed by atoms with Crippen LogP contribution in [-0.4, -0.2) is 42.2 Å². The first-order valence-electron chi connectivity index (χ1n) is 10.4. The van der Waals surface area contributed by atoms with Gasteiger partial charge in [-0.1, -0.05) is 25.7 Å². The first-order chi connectivity index (χ1) is 12.3. The summed E-state index contributed by atoms with van der Waals surface area (Å²) < 4.78 is 0. The van der Waals surface area contributed by atoms with Crippen LogP contribution in [0.1, 0.15) is 69.0 Å². The van der Waals surface area contributed by atoms with Gasteiger partial charge in [-0.05, 0) is 52.0 Å². The monoisotopic (exact) mass is 343 g/mol. The highest BCUT2D eigenvalue weighted by molar-refractivity contribution is 5.54. The predicted octanol–water partition coefficient (Wildman–Crippen LogP) is 3.29. The van der Waals surface area contributed by atoms with Crippen LogP contribution in [0.15, 0.2) is 0 Å². The average molecular weight is 344 g/mol. The Labute approximate surface area is 152 Å². The Morgan fingerprint density at radius 2 is 1.60 bits per heavy atom.